The summed E-state index contributed by atoms with van der Waals surface area (Å²) < 4.78 is -0.439. The van der Waals surface area contributed by atoms with Crippen LogP contribution in [0.15, 0.2) is 40.7 Å². The zero-order valence-electron chi connectivity index (χ0n) is 12.0. The first-order valence-corrected chi connectivity index (χ1v) is 9.06. The van der Waals surface area contributed by atoms with E-state index < -0.39 is 4.33 Å². The van der Waals surface area contributed by atoms with Crippen LogP contribution in [0.25, 0.3) is 0 Å². The standard InChI is InChI=1S/C17H17Cl2N3/c18-17(19)12-7-9-10-6-11(13(9)14(12)17)16-15(10)20-21-22(16)8-4-2-1-3-5-8/h1-5,9-16H,6-7H2. The Hall–Kier alpha value is -0.800. The molecule has 0 aromatic heterocycles. The van der Waals surface area contributed by atoms with Crippen molar-refractivity contribution >= 4 is 28.9 Å². The van der Waals surface area contributed by atoms with Crippen LogP contribution in [0.2, 0.25) is 0 Å². The SMILES string of the molecule is ClC1(Cl)C2CC3C4CC(C3C21)C1C4N=NN1c1ccccc1. The largest absolute Gasteiger partial charge is 0.242 e. The van der Waals surface area contributed by atoms with E-state index in [-0.39, 0.29) is 0 Å². The molecule has 5 aliphatic rings. The summed E-state index contributed by atoms with van der Waals surface area (Å²) in [5.74, 6) is 3.91. The van der Waals surface area contributed by atoms with Gasteiger partial charge in [-0.1, -0.05) is 23.4 Å². The fourth-order valence-electron chi connectivity index (χ4n) is 6.38. The van der Waals surface area contributed by atoms with Crippen LogP contribution in [0.1, 0.15) is 12.8 Å². The minimum atomic E-state index is -0.439. The van der Waals surface area contributed by atoms with Crippen molar-refractivity contribution in [2.45, 2.75) is 29.3 Å². The molecule has 5 heteroatoms. The Kier molecular flexibility index (Phi) is 2.18. The van der Waals surface area contributed by atoms with E-state index in [9.17, 15) is 0 Å². The van der Waals surface area contributed by atoms with Gasteiger partial charge >= 0.3 is 0 Å². The lowest BCUT2D eigenvalue weighted by atomic mass is 9.74. The molecule has 1 heterocycles. The smallest absolute Gasteiger partial charge is 0.125 e. The van der Waals surface area contributed by atoms with E-state index >= 15 is 0 Å². The minimum Gasteiger partial charge on any atom is -0.242 e. The molecular weight excluding hydrogens is 317 g/mol. The van der Waals surface area contributed by atoms with Crippen molar-refractivity contribution in [2.75, 3.05) is 5.01 Å². The summed E-state index contributed by atoms with van der Waals surface area (Å²) in [5.41, 5.74) is 1.16. The van der Waals surface area contributed by atoms with E-state index in [0.29, 0.717) is 41.7 Å². The number of halogens is 2. The Labute approximate surface area is 139 Å². The highest BCUT2D eigenvalue weighted by Gasteiger charge is 2.78. The van der Waals surface area contributed by atoms with Gasteiger partial charge in [0.25, 0.3) is 0 Å². The molecule has 0 radical (unpaired) electrons. The van der Waals surface area contributed by atoms with Crippen LogP contribution in [-0.2, 0) is 0 Å². The molecule has 6 rings (SSSR count). The highest BCUT2D eigenvalue weighted by atomic mass is 35.5. The molecule has 2 bridgehead atoms. The van der Waals surface area contributed by atoms with Crippen LogP contribution in [0, 0.1) is 35.5 Å². The van der Waals surface area contributed by atoms with Crippen LogP contribution >= 0.6 is 23.2 Å². The molecule has 0 saturated heterocycles. The number of fused-ring (bicyclic) bond motifs is 10. The summed E-state index contributed by atoms with van der Waals surface area (Å²) in [7, 11) is 0. The summed E-state index contributed by atoms with van der Waals surface area (Å²) in [6, 6.07) is 11.3. The zero-order chi connectivity index (χ0) is 14.6. The van der Waals surface area contributed by atoms with Crippen molar-refractivity contribution < 1.29 is 0 Å². The summed E-state index contributed by atoms with van der Waals surface area (Å²) in [6.45, 7) is 0. The van der Waals surface area contributed by atoms with Crippen LogP contribution in [0.5, 0.6) is 0 Å². The molecular formula is C17H17Cl2N3. The summed E-state index contributed by atoms with van der Waals surface area (Å²) >= 11 is 13.0. The van der Waals surface area contributed by atoms with Crippen LogP contribution in [-0.4, -0.2) is 16.4 Å². The first kappa shape index (κ1) is 12.6. The quantitative estimate of drug-likeness (QED) is 0.703. The topological polar surface area (TPSA) is 28.0 Å². The number of hydrogen-bond donors (Lipinski definition) is 0. The van der Waals surface area contributed by atoms with Crippen molar-refractivity contribution in [3.05, 3.63) is 30.3 Å². The lowest BCUT2D eigenvalue weighted by Gasteiger charge is -2.38. The van der Waals surface area contributed by atoms with Gasteiger partial charge in [0.2, 0.25) is 0 Å². The second kappa shape index (κ2) is 3.81. The molecule has 4 aliphatic carbocycles. The number of anilines is 1. The summed E-state index contributed by atoms with van der Waals surface area (Å²) in [6.07, 6.45) is 2.51. The van der Waals surface area contributed by atoms with Crippen LogP contribution in [0.4, 0.5) is 5.69 Å². The molecule has 1 aromatic carbocycles. The number of benzene rings is 1. The Morgan fingerprint density at radius 1 is 1.05 bits per heavy atom. The highest BCUT2D eigenvalue weighted by molar-refractivity contribution is 6.51. The van der Waals surface area contributed by atoms with Gasteiger partial charge in [0, 0.05) is 5.92 Å². The molecule has 4 fully saturated rings. The van der Waals surface area contributed by atoms with Gasteiger partial charge in [-0.15, -0.1) is 23.2 Å². The maximum Gasteiger partial charge on any atom is 0.125 e. The Bertz CT molecular complexity index is 676. The molecule has 8 unspecified atom stereocenters. The zero-order valence-corrected chi connectivity index (χ0v) is 13.5. The van der Waals surface area contributed by atoms with Gasteiger partial charge in [0.1, 0.15) is 4.33 Å². The molecule has 0 spiro atoms. The van der Waals surface area contributed by atoms with Gasteiger partial charge < -0.3 is 0 Å². The number of alkyl halides is 2. The van der Waals surface area contributed by atoms with Gasteiger partial charge in [0.05, 0.1) is 17.8 Å². The molecule has 4 saturated carbocycles. The number of hydrogen-bond acceptors (Lipinski definition) is 3. The fourth-order valence-corrected chi connectivity index (χ4v) is 7.30. The maximum absolute atomic E-state index is 6.51. The van der Waals surface area contributed by atoms with Crippen molar-refractivity contribution in [1.82, 2.24) is 0 Å². The third-order valence-electron chi connectivity index (χ3n) is 7.10. The van der Waals surface area contributed by atoms with Crippen molar-refractivity contribution in [1.29, 1.82) is 0 Å². The van der Waals surface area contributed by atoms with Gasteiger partial charge in [-0.05, 0) is 54.6 Å². The van der Waals surface area contributed by atoms with Gasteiger partial charge in [-0.25, -0.2) is 5.01 Å². The van der Waals surface area contributed by atoms with Crippen molar-refractivity contribution in [2.24, 2.45) is 45.8 Å². The number of rotatable bonds is 1. The predicted octanol–water partition coefficient (Wildman–Crippen LogP) is 4.32. The molecule has 22 heavy (non-hydrogen) atoms. The Morgan fingerprint density at radius 2 is 1.86 bits per heavy atom. The Balaban J connectivity index is 1.37. The van der Waals surface area contributed by atoms with Crippen molar-refractivity contribution in [3.8, 4) is 0 Å². The van der Waals surface area contributed by atoms with Crippen LogP contribution < -0.4 is 5.01 Å². The molecule has 0 N–H and O–H groups in total. The fraction of sp³-hybridized carbons (Fsp3) is 0.647. The minimum absolute atomic E-state index is 0.393. The average Bonchev–Trinajstić information content (AvgIpc) is 3.08. The second-order valence-corrected chi connectivity index (χ2v) is 9.16. The highest BCUT2D eigenvalue weighted by Crippen LogP contribution is 2.78. The van der Waals surface area contributed by atoms with E-state index in [1.807, 2.05) is 6.07 Å². The monoisotopic (exact) mass is 333 g/mol. The van der Waals surface area contributed by atoms with E-state index in [1.54, 1.807) is 0 Å². The lowest BCUT2D eigenvalue weighted by Crippen LogP contribution is -2.46. The molecule has 8 atom stereocenters. The van der Waals surface area contributed by atoms with Crippen molar-refractivity contribution in [3.63, 3.8) is 0 Å². The number of para-hydroxylation sites is 1. The third-order valence-corrected chi connectivity index (χ3v) is 8.16. The maximum atomic E-state index is 6.51. The van der Waals surface area contributed by atoms with E-state index in [0.717, 1.165) is 11.6 Å². The van der Waals surface area contributed by atoms with Gasteiger partial charge in [0.15, 0.2) is 0 Å². The molecule has 114 valence electrons. The summed E-state index contributed by atoms with van der Waals surface area (Å²) in [4.78, 5) is 0. The lowest BCUT2D eigenvalue weighted by molar-refractivity contribution is 0.187. The normalized spacial score (nSPS) is 51.8. The third kappa shape index (κ3) is 1.29. The molecule has 1 aliphatic heterocycles. The molecule has 3 nitrogen and oxygen atoms in total. The molecule has 1 aromatic rings. The first-order valence-electron chi connectivity index (χ1n) is 8.31. The average molecular weight is 334 g/mol. The van der Waals surface area contributed by atoms with E-state index in [2.05, 4.69) is 39.6 Å². The molecule has 0 amide bonds. The second-order valence-electron chi connectivity index (χ2n) is 7.71. The van der Waals surface area contributed by atoms with Gasteiger partial charge in [-0.2, -0.15) is 5.11 Å². The van der Waals surface area contributed by atoms with Crippen LogP contribution in [0.3, 0.4) is 0 Å². The Morgan fingerprint density at radius 3 is 2.68 bits per heavy atom. The van der Waals surface area contributed by atoms with E-state index in [1.165, 1.54) is 12.8 Å². The summed E-state index contributed by atoms with van der Waals surface area (Å²) in [5, 5.41) is 11.4. The van der Waals surface area contributed by atoms with Gasteiger partial charge in [-0.3, -0.25) is 0 Å². The van der Waals surface area contributed by atoms with E-state index in [4.69, 9.17) is 23.2 Å². The number of nitrogens with zero attached hydrogens (tertiary/aromatic N) is 3. The first-order chi connectivity index (χ1) is 10.7. The predicted molar refractivity (Wildman–Crippen MR) is 86.0 cm³/mol.